The molecule has 1 aliphatic heterocycles. The lowest BCUT2D eigenvalue weighted by Crippen LogP contribution is -2.32. The Morgan fingerprint density at radius 2 is 1.03 bits per heavy atom. The maximum Gasteiger partial charge on any atom is 0.140 e. The number of anilines is 3. The molecule has 0 fully saturated rings. The van der Waals surface area contributed by atoms with Crippen molar-refractivity contribution in [3.8, 4) is 33.8 Å². The summed E-state index contributed by atoms with van der Waals surface area (Å²) in [6.45, 7) is 0. The van der Waals surface area contributed by atoms with E-state index in [0.29, 0.717) is 0 Å². The topological polar surface area (TPSA) is 25.6 Å². The van der Waals surface area contributed by atoms with Gasteiger partial charge in [0.1, 0.15) is 22.7 Å². The smallest absolute Gasteiger partial charge is 0.140 e. The van der Waals surface area contributed by atoms with E-state index in [0.717, 1.165) is 66.8 Å². The third-order valence-corrected chi connectivity index (χ3v) is 12.9. The highest BCUT2D eigenvalue weighted by atomic mass is 16.5. The van der Waals surface area contributed by atoms with Gasteiger partial charge in [-0.2, -0.15) is 0 Å². The minimum absolute atomic E-state index is 0.581. The van der Waals surface area contributed by atoms with Crippen LogP contribution in [0.25, 0.3) is 65.7 Å². The zero-order chi connectivity index (χ0) is 39.4. The first-order chi connectivity index (χ1) is 29.8. The van der Waals surface area contributed by atoms with E-state index >= 15 is 0 Å². The van der Waals surface area contributed by atoms with Crippen molar-refractivity contribution in [1.82, 2.24) is 0 Å². The minimum Gasteiger partial charge on any atom is -0.456 e. The summed E-state index contributed by atoms with van der Waals surface area (Å²) in [6.07, 6.45) is 0. The van der Waals surface area contributed by atoms with Crippen LogP contribution in [0.15, 0.2) is 217 Å². The zero-order valence-electron chi connectivity index (χ0n) is 32.5. The normalized spacial score (nSPS) is 14.9. The molecule has 2 heterocycles. The van der Waals surface area contributed by atoms with E-state index in [1.165, 1.54) is 49.7 Å². The molecule has 13 rings (SSSR count). The van der Waals surface area contributed by atoms with Crippen LogP contribution in [0.2, 0.25) is 0 Å². The van der Waals surface area contributed by atoms with Gasteiger partial charge >= 0.3 is 0 Å². The average Bonchev–Trinajstić information content (AvgIpc) is 3.84. The van der Waals surface area contributed by atoms with Gasteiger partial charge in [0.2, 0.25) is 0 Å². The van der Waals surface area contributed by atoms with Crippen LogP contribution < -0.4 is 9.64 Å². The van der Waals surface area contributed by atoms with Crippen molar-refractivity contribution < 1.29 is 9.15 Å². The van der Waals surface area contributed by atoms with Gasteiger partial charge in [0.05, 0.1) is 22.2 Å². The molecule has 0 amide bonds. The molecule has 10 aromatic carbocycles. The van der Waals surface area contributed by atoms with E-state index in [1.54, 1.807) is 0 Å². The number of rotatable bonds is 4. The van der Waals surface area contributed by atoms with Gasteiger partial charge in [-0.3, -0.25) is 0 Å². The summed E-state index contributed by atoms with van der Waals surface area (Å²) in [5, 5.41) is 6.83. The fraction of sp³-hybridized carbons (Fsp3) is 0.0175. The lowest BCUT2D eigenvalue weighted by Gasteiger charge is -2.39. The predicted octanol–water partition coefficient (Wildman–Crippen LogP) is 15.5. The number of ether oxygens (including phenoxy) is 1. The summed E-state index contributed by atoms with van der Waals surface area (Å²) in [5.74, 6) is 1.82. The number of furan rings is 1. The van der Waals surface area contributed by atoms with Crippen molar-refractivity contribution >= 4 is 60.5 Å². The molecule has 3 heteroatoms. The lowest BCUT2D eigenvalue weighted by atomic mass is 9.65. The Morgan fingerprint density at radius 3 is 1.93 bits per heavy atom. The molecular weight excluding hydrogens is 731 g/mol. The van der Waals surface area contributed by atoms with Gasteiger partial charge in [-0.25, -0.2) is 0 Å². The number of nitrogens with zero attached hydrogens (tertiary/aromatic N) is 1. The van der Waals surface area contributed by atoms with E-state index < -0.39 is 5.41 Å². The zero-order valence-corrected chi connectivity index (χ0v) is 32.5. The molecule has 3 nitrogen and oxygen atoms in total. The van der Waals surface area contributed by atoms with Crippen molar-refractivity contribution in [3.63, 3.8) is 0 Å². The first kappa shape index (κ1) is 33.1. The van der Waals surface area contributed by atoms with Crippen molar-refractivity contribution in [2.45, 2.75) is 5.41 Å². The molecule has 1 aromatic heterocycles. The van der Waals surface area contributed by atoms with Crippen molar-refractivity contribution in [2.24, 2.45) is 0 Å². The molecule has 1 aliphatic carbocycles. The molecule has 0 saturated carbocycles. The molecular formula is C57H35NO2. The Balaban J connectivity index is 1.08. The van der Waals surface area contributed by atoms with Gasteiger partial charge in [0, 0.05) is 33.0 Å². The molecule has 0 radical (unpaired) electrons. The standard InChI is InChI=1S/C57H35NO2/c1-2-17-37(18-3-1)58(50-28-15-31-53-55(50)44-23-9-12-29-51(44)59-53)49-35-33-40(39-20-6-7-21-41(39)49)42-24-14-27-47-54(42)43-22-8-10-25-45(43)57(47)46-26-11-13-30-52(46)60-56-38-19-5-4-16-36(38)32-34-48(56)57/h1-35H. The Labute approximate surface area is 347 Å². The van der Waals surface area contributed by atoms with E-state index in [2.05, 4.69) is 211 Å². The third kappa shape index (κ3) is 4.44. The highest BCUT2D eigenvalue weighted by Crippen LogP contribution is 2.64. The molecule has 280 valence electrons. The maximum absolute atomic E-state index is 6.92. The highest BCUT2D eigenvalue weighted by molar-refractivity contribution is 6.16. The van der Waals surface area contributed by atoms with Crippen molar-refractivity contribution in [2.75, 3.05) is 4.90 Å². The van der Waals surface area contributed by atoms with Crippen LogP contribution in [0.1, 0.15) is 22.3 Å². The van der Waals surface area contributed by atoms with Crippen molar-refractivity contribution in [3.05, 3.63) is 235 Å². The third-order valence-electron chi connectivity index (χ3n) is 12.9. The van der Waals surface area contributed by atoms with E-state index in [-0.39, 0.29) is 0 Å². The second kappa shape index (κ2) is 12.6. The van der Waals surface area contributed by atoms with Crippen LogP contribution in [0.4, 0.5) is 17.1 Å². The SMILES string of the molecule is c1ccc(N(c2ccc(-c3cccc4c3-c3ccccc3C43c4ccccc4Oc4c3ccc3ccccc43)c3ccccc23)c2cccc3oc4ccccc4c23)cc1. The van der Waals surface area contributed by atoms with Gasteiger partial charge < -0.3 is 14.1 Å². The van der Waals surface area contributed by atoms with Crippen LogP contribution in [-0.4, -0.2) is 0 Å². The first-order valence-electron chi connectivity index (χ1n) is 20.6. The molecule has 0 saturated heterocycles. The summed E-state index contributed by atoms with van der Waals surface area (Å²) >= 11 is 0. The van der Waals surface area contributed by atoms with E-state index in [9.17, 15) is 0 Å². The molecule has 1 unspecified atom stereocenters. The maximum atomic E-state index is 6.92. The van der Waals surface area contributed by atoms with Crippen LogP contribution in [-0.2, 0) is 5.41 Å². The molecule has 11 aromatic rings. The van der Waals surface area contributed by atoms with Gasteiger partial charge in [-0.15, -0.1) is 0 Å². The quantitative estimate of drug-likeness (QED) is 0.178. The molecule has 0 N–H and O–H groups in total. The second-order valence-corrected chi connectivity index (χ2v) is 15.9. The lowest BCUT2D eigenvalue weighted by molar-refractivity contribution is 0.441. The fourth-order valence-corrected chi connectivity index (χ4v) is 10.5. The Bertz CT molecular complexity index is 3550. The number of fused-ring (bicyclic) bond motifs is 15. The first-order valence-corrected chi connectivity index (χ1v) is 20.6. The largest absolute Gasteiger partial charge is 0.456 e. The van der Waals surface area contributed by atoms with Gasteiger partial charge in [-0.1, -0.05) is 170 Å². The monoisotopic (exact) mass is 765 g/mol. The molecule has 2 aliphatic rings. The molecule has 1 atom stereocenters. The van der Waals surface area contributed by atoms with Crippen LogP contribution in [0.5, 0.6) is 11.5 Å². The fourth-order valence-electron chi connectivity index (χ4n) is 10.5. The Kier molecular flexibility index (Phi) is 6.93. The summed E-state index contributed by atoms with van der Waals surface area (Å²) < 4.78 is 13.4. The van der Waals surface area contributed by atoms with Gasteiger partial charge in [0.15, 0.2) is 0 Å². The van der Waals surface area contributed by atoms with Gasteiger partial charge in [-0.05, 0) is 86.6 Å². The number of hydrogen-bond donors (Lipinski definition) is 0. The van der Waals surface area contributed by atoms with Crippen LogP contribution >= 0.6 is 0 Å². The summed E-state index contributed by atoms with van der Waals surface area (Å²) in [7, 11) is 0. The minimum atomic E-state index is -0.581. The molecule has 1 spiro atoms. The second-order valence-electron chi connectivity index (χ2n) is 15.9. The summed E-state index contributed by atoms with van der Waals surface area (Å²) in [5.41, 5.74) is 14.2. The highest BCUT2D eigenvalue weighted by Gasteiger charge is 2.52. The van der Waals surface area contributed by atoms with Gasteiger partial charge in [0.25, 0.3) is 0 Å². The predicted molar refractivity (Wildman–Crippen MR) is 246 cm³/mol. The van der Waals surface area contributed by atoms with E-state index in [4.69, 9.17) is 9.15 Å². The Morgan fingerprint density at radius 1 is 0.367 bits per heavy atom. The van der Waals surface area contributed by atoms with E-state index in [1.807, 2.05) is 6.07 Å². The summed E-state index contributed by atoms with van der Waals surface area (Å²) in [4.78, 5) is 2.40. The Hall–Kier alpha value is -7.88. The van der Waals surface area contributed by atoms with Crippen molar-refractivity contribution in [1.29, 1.82) is 0 Å². The number of benzene rings is 10. The average molecular weight is 766 g/mol. The summed E-state index contributed by atoms with van der Waals surface area (Å²) in [6, 6.07) is 76.6. The number of hydrogen-bond acceptors (Lipinski definition) is 3. The molecule has 0 bridgehead atoms. The molecule has 60 heavy (non-hydrogen) atoms. The number of para-hydroxylation sites is 3. The van der Waals surface area contributed by atoms with Crippen LogP contribution in [0.3, 0.4) is 0 Å². The van der Waals surface area contributed by atoms with Crippen LogP contribution in [0, 0.1) is 0 Å².